The third-order valence-electron chi connectivity index (χ3n) is 3.55. The molecular formula is C17H18N4. The van der Waals surface area contributed by atoms with Crippen LogP contribution in [0, 0.1) is 6.92 Å². The molecule has 0 fully saturated rings. The second-order valence-electron chi connectivity index (χ2n) is 5.03. The first-order valence-electron chi connectivity index (χ1n) is 6.94. The summed E-state index contributed by atoms with van der Waals surface area (Å²) in [5.74, 6) is 1.52. The molecule has 106 valence electrons. The molecule has 0 aliphatic carbocycles. The summed E-state index contributed by atoms with van der Waals surface area (Å²) in [5.41, 5.74) is 3.29. The van der Waals surface area contributed by atoms with E-state index in [4.69, 9.17) is 0 Å². The summed E-state index contributed by atoms with van der Waals surface area (Å²) < 4.78 is 0. The Morgan fingerprint density at radius 2 is 1.67 bits per heavy atom. The molecule has 3 aromatic rings. The van der Waals surface area contributed by atoms with Gasteiger partial charge < -0.3 is 10.2 Å². The average molecular weight is 278 g/mol. The van der Waals surface area contributed by atoms with Gasteiger partial charge in [-0.2, -0.15) is 4.98 Å². The number of aromatic nitrogens is 2. The zero-order chi connectivity index (χ0) is 14.8. The first-order chi connectivity index (χ1) is 10.2. The summed E-state index contributed by atoms with van der Waals surface area (Å²) in [6.07, 6.45) is 0. The van der Waals surface area contributed by atoms with E-state index in [9.17, 15) is 0 Å². The fourth-order valence-electron chi connectivity index (χ4n) is 2.32. The molecule has 3 rings (SSSR count). The van der Waals surface area contributed by atoms with Crippen molar-refractivity contribution in [2.24, 2.45) is 0 Å². The smallest absolute Gasteiger partial charge is 0.224 e. The summed E-state index contributed by atoms with van der Waals surface area (Å²) in [4.78, 5) is 11.2. The van der Waals surface area contributed by atoms with Crippen molar-refractivity contribution in [3.8, 4) is 0 Å². The quantitative estimate of drug-likeness (QED) is 0.792. The Kier molecular flexibility index (Phi) is 3.44. The highest BCUT2D eigenvalue weighted by Gasteiger charge is 2.12. The Bertz CT molecular complexity index is 765. The van der Waals surface area contributed by atoms with Crippen molar-refractivity contribution in [3.05, 3.63) is 54.1 Å². The SMILES string of the molecule is CNc1nc(N(C)c2ccc(C)cc2)c2ccccc2n1. The second-order valence-corrected chi connectivity index (χ2v) is 5.03. The van der Waals surface area contributed by atoms with Gasteiger partial charge in [0.05, 0.1) is 5.52 Å². The molecule has 0 radical (unpaired) electrons. The molecule has 0 atom stereocenters. The zero-order valence-electron chi connectivity index (χ0n) is 12.5. The molecule has 2 aromatic carbocycles. The number of nitrogens with zero attached hydrogens (tertiary/aromatic N) is 3. The largest absolute Gasteiger partial charge is 0.357 e. The highest BCUT2D eigenvalue weighted by atomic mass is 15.2. The van der Waals surface area contributed by atoms with Gasteiger partial charge in [-0.05, 0) is 31.2 Å². The number of aryl methyl sites for hydroxylation is 1. The normalized spacial score (nSPS) is 10.6. The predicted octanol–water partition coefficient (Wildman–Crippen LogP) is 3.75. The van der Waals surface area contributed by atoms with Crippen LogP contribution in [-0.4, -0.2) is 24.1 Å². The van der Waals surface area contributed by atoms with Crippen LogP contribution in [0.3, 0.4) is 0 Å². The monoisotopic (exact) mass is 278 g/mol. The topological polar surface area (TPSA) is 41.1 Å². The lowest BCUT2D eigenvalue weighted by Gasteiger charge is -2.20. The van der Waals surface area contributed by atoms with Gasteiger partial charge in [0.25, 0.3) is 0 Å². The molecule has 0 aliphatic heterocycles. The van der Waals surface area contributed by atoms with E-state index in [1.54, 1.807) is 0 Å². The van der Waals surface area contributed by atoms with Crippen LogP contribution in [-0.2, 0) is 0 Å². The lowest BCUT2D eigenvalue weighted by atomic mass is 10.2. The fraction of sp³-hybridized carbons (Fsp3) is 0.176. The minimum absolute atomic E-state index is 0.627. The maximum Gasteiger partial charge on any atom is 0.224 e. The molecule has 0 unspecified atom stereocenters. The van der Waals surface area contributed by atoms with E-state index >= 15 is 0 Å². The maximum atomic E-state index is 4.62. The summed E-state index contributed by atoms with van der Waals surface area (Å²) >= 11 is 0. The molecule has 0 bridgehead atoms. The average Bonchev–Trinajstić information content (AvgIpc) is 2.53. The molecule has 0 saturated carbocycles. The molecule has 4 heteroatoms. The fourth-order valence-corrected chi connectivity index (χ4v) is 2.32. The lowest BCUT2D eigenvalue weighted by Crippen LogP contribution is -2.13. The number of para-hydroxylation sites is 1. The summed E-state index contributed by atoms with van der Waals surface area (Å²) in [6.45, 7) is 2.09. The molecule has 1 N–H and O–H groups in total. The molecular weight excluding hydrogens is 260 g/mol. The Morgan fingerprint density at radius 1 is 0.952 bits per heavy atom. The van der Waals surface area contributed by atoms with Crippen LogP contribution < -0.4 is 10.2 Å². The second kappa shape index (κ2) is 5.40. The molecule has 1 aromatic heterocycles. The van der Waals surface area contributed by atoms with Crippen LogP contribution in [0.4, 0.5) is 17.5 Å². The van der Waals surface area contributed by atoms with Crippen molar-refractivity contribution in [2.45, 2.75) is 6.92 Å². The van der Waals surface area contributed by atoms with E-state index in [-0.39, 0.29) is 0 Å². The van der Waals surface area contributed by atoms with Crippen LogP contribution in [0.2, 0.25) is 0 Å². The summed E-state index contributed by atoms with van der Waals surface area (Å²) in [6, 6.07) is 16.5. The van der Waals surface area contributed by atoms with Crippen LogP contribution in [0.15, 0.2) is 48.5 Å². The van der Waals surface area contributed by atoms with E-state index in [0.717, 1.165) is 22.4 Å². The van der Waals surface area contributed by atoms with Crippen molar-refractivity contribution >= 4 is 28.4 Å². The summed E-state index contributed by atoms with van der Waals surface area (Å²) in [5, 5.41) is 4.07. The van der Waals surface area contributed by atoms with Crippen molar-refractivity contribution in [3.63, 3.8) is 0 Å². The van der Waals surface area contributed by atoms with E-state index < -0.39 is 0 Å². The Labute approximate surface area is 124 Å². The van der Waals surface area contributed by atoms with Crippen molar-refractivity contribution in [1.82, 2.24) is 9.97 Å². The Morgan fingerprint density at radius 3 is 2.38 bits per heavy atom. The van der Waals surface area contributed by atoms with Crippen LogP contribution in [0.5, 0.6) is 0 Å². The highest BCUT2D eigenvalue weighted by molar-refractivity contribution is 5.92. The van der Waals surface area contributed by atoms with Gasteiger partial charge >= 0.3 is 0 Å². The number of anilines is 3. The number of hydrogen-bond donors (Lipinski definition) is 1. The molecule has 0 amide bonds. The van der Waals surface area contributed by atoms with Gasteiger partial charge in [0, 0.05) is 25.2 Å². The third-order valence-corrected chi connectivity index (χ3v) is 3.55. The van der Waals surface area contributed by atoms with E-state index in [2.05, 4.69) is 57.4 Å². The molecule has 0 saturated heterocycles. The maximum absolute atomic E-state index is 4.62. The molecule has 21 heavy (non-hydrogen) atoms. The van der Waals surface area contributed by atoms with Gasteiger partial charge in [0.2, 0.25) is 5.95 Å². The minimum atomic E-state index is 0.627. The first kappa shape index (κ1) is 13.4. The highest BCUT2D eigenvalue weighted by Crippen LogP contribution is 2.29. The van der Waals surface area contributed by atoms with Crippen LogP contribution in [0.1, 0.15) is 5.56 Å². The first-order valence-corrected chi connectivity index (χ1v) is 6.94. The number of hydrogen-bond acceptors (Lipinski definition) is 4. The van der Waals surface area contributed by atoms with Crippen molar-refractivity contribution in [1.29, 1.82) is 0 Å². The van der Waals surface area contributed by atoms with E-state index in [0.29, 0.717) is 5.95 Å². The lowest BCUT2D eigenvalue weighted by molar-refractivity contribution is 1.10. The standard InChI is InChI=1S/C17H18N4/c1-12-8-10-13(11-9-12)21(3)16-14-6-4-5-7-15(14)19-17(18-2)20-16/h4-11H,1-3H3,(H,18,19,20). The summed E-state index contributed by atoms with van der Waals surface area (Å²) in [7, 11) is 3.86. The predicted molar refractivity (Wildman–Crippen MR) is 88.3 cm³/mol. The van der Waals surface area contributed by atoms with Crippen molar-refractivity contribution < 1.29 is 0 Å². The number of nitrogens with one attached hydrogen (secondary N) is 1. The molecule has 0 spiro atoms. The van der Waals surface area contributed by atoms with Crippen molar-refractivity contribution in [2.75, 3.05) is 24.3 Å². The van der Waals surface area contributed by atoms with Gasteiger partial charge in [-0.15, -0.1) is 0 Å². The van der Waals surface area contributed by atoms with Gasteiger partial charge in [-0.1, -0.05) is 29.8 Å². The van der Waals surface area contributed by atoms with Crippen LogP contribution in [0.25, 0.3) is 10.9 Å². The minimum Gasteiger partial charge on any atom is -0.357 e. The van der Waals surface area contributed by atoms with Gasteiger partial charge in [-0.25, -0.2) is 4.98 Å². The number of rotatable bonds is 3. The number of fused-ring (bicyclic) bond motifs is 1. The zero-order valence-corrected chi connectivity index (χ0v) is 12.5. The molecule has 4 nitrogen and oxygen atoms in total. The van der Waals surface area contributed by atoms with E-state index in [1.807, 2.05) is 32.3 Å². The Hall–Kier alpha value is -2.62. The molecule has 1 heterocycles. The van der Waals surface area contributed by atoms with Gasteiger partial charge in [0.15, 0.2) is 0 Å². The van der Waals surface area contributed by atoms with E-state index in [1.165, 1.54) is 5.56 Å². The molecule has 0 aliphatic rings. The Balaban J connectivity index is 2.16. The third kappa shape index (κ3) is 2.52. The number of benzene rings is 2. The van der Waals surface area contributed by atoms with Gasteiger partial charge in [-0.3, -0.25) is 0 Å². The van der Waals surface area contributed by atoms with Crippen LogP contribution >= 0.6 is 0 Å². The van der Waals surface area contributed by atoms with Gasteiger partial charge in [0.1, 0.15) is 5.82 Å².